The van der Waals surface area contributed by atoms with Crippen molar-refractivity contribution in [3.8, 4) is 11.4 Å². The Morgan fingerprint density at radius 1 is 1.44 bits per heavy atom. The second-order valence-electron chi connectivity index (χ2n) is 2.69. The molecule has 0 aromatic carbocycles. The van der Waals surface area contributed by atoms with Crippen LogP contribution < -0.4 is 4.84 Å². The van der Waals surface area contributed by atoms with Crippen molar-refractivity contribution < 1.29 is 9.63 Å². The Labute approximate surface area is 94.2 Å². The van der Waals surface area contributed by atoms with Crippen LogP contribution in [0.15, 0.2) is 12.4 Å². The number of hydrogen-bond donors (Lipinski definition) is 0. The third-order valence-corrected chi connectivity index (χ3v) is 1.68. The quantitative estimate of drug-likeness (QED) is 0.528. The van der Waals surface area contributed by atoms with Crippen LogP contribution in [0.2, 0.25) is 5.28 Å². The van der Waals surface area contributed by atoms with Gasteiger partial charge in [-0.15, -0.1) is 5.10 Å². The van der Waals surface area contributed by atoms with Gasteiger partial charge in [0.1, 0.15) is 0 Å². The molecule has 0 aliphatic rings. The maximum Gasteiger partial charge on any atom is 0.333 e. The van der Waals surface area contributed by atoms with Crippen LogP contribution in [0.4, 0.5) is 0 Å². The van der Waals surface area contributed by atoms with Gasteiger partial charge in [-0.1, -0.05) is 5.10 Å². The second kappa shape index (κ2) is 4.19. The number of rotatable bonds is 2. The van der Waals surface area contributed by atoms with Crippen molar-refractivity contribution >= 4 is 17.6 Å². The van der Waals surface area contributed by atoms with E-state index in [0.29, 0.717) is 10.5 Å². The van der Waals surface area contributed by atoms with E-state index in [1.807, 2.05) is 0 Å². The van der Waals surface area contributed by atoms with Gasteiger partial charge in [0.25, 0.3) is 0 Å². The maximum absolute atomic E-state index is 10.6. The topological polar surface area (TPSA) is 95.7 Å². The van der Waals surface area contributed by atoms with E-state index in [0.717, 1.165) is 0 Å². The van der Waals surface area contributed by atoms with Crippen molar-refractivity contribution in [2.75, 3.05) is 0 Å². The number of nitrogens with zero attached hydrogens (tertiary/aromatic N) is 6. The molecule has 0 saturated heterocycles. The zero-order valence-electron chi connectivity index (χ0n) is 8.03. The molecule has 0 unspecified atom stereocenters. The molecule has 2 rings (SSSR count). The summed E-state index contributed by atoms with van der Waals surface area (Å²) in [5, 5.41) is 11.0. The SMILES string of the molecule is CC(=O)On1nnc(-c2cnc(Cl)nc2)n1. The minimum Gasteiger partial charge on any atom is -0.301 e. The Morgan fingerprint density at radius 3 is 2.75 bits per heavy atom. The minimum absolute atomic E-state index is 0.121. The molecule has 0 N–H and O–H groups in total. The molecular weight excluding hydrogens is 236 g/mol. The molecule has 2 heterocycles. The van der Waals surface area contributed by atoms with Crippen molar-refractivity contribution in [3.63, 3.8) is 0 Å². The van der Waals surface area contributed by atoms with Gasteiger partial charge in [-0.05, 0) is 16.8 Å². The second-order valence-corrected chi connectivity index (χ2v) is 3.03. The molecule has 82 valence electrons. The van der Waals surface area contributed by atoms with Crippen LogP contribution in [-0.4, -0.2) is 36.3 Å². The molecule has 0 bridgehead atoms. The van der Waals surface area contributed by atoms with Crippen LogP contribution >= 0.6 is 11.6 Å². The first kappa shape index (κ1) is 10.4. The molecule has 9 heteroatoms. The lowest BCUT2D eigenvalue weighted by atomic mass is 10.3. The average molecular weight is 241 g/mol. The Morgan fingerprint density at radius 2 is 2.12 bits per heavy atom. The average Bonchev–Trinajstić information content (AvgIpc) is 2.66. The van der Waals surface area contributed by atoms with Crippen LogP contribution in [0.5, 0.6) is 0 Å². The lowest BCUT2D eigenvalue weighted by molar-refractivity contribution is -0.145. The van der Waals surface area contributed by atoms with E-state index in [1.54, 1.807) is 0 Å². The molecule has 16 heavy (non-hydrogen) atoms. The van der Waals surface area contributed by atoms with Gasteiger partial charge in [-0.3, -0.25) is 0 Å². The third kappa shape index (κ3) is 2.28. The summed E-state index contributed by atoms with van der Waals surface area (Å²) in [6.45, 7) is 1.23. The fourth-order valence-electron chi connectivity index (χ4n) is 0.899. The smallest absolute Gasteiger partial charge is 0.301 e. The van der Waals surface area contributed by atoms with E-state index < -0.39 is 5.97 Å². The Hall–Kier alpha value is -2.09. The first-order valence-electron chi connectivity index (χ1n) is 4.12. The molecule has 0 radical (unpaired) electrons. The minimum atomic E-state index is -0.545. The molecular formula is C7H5ClN6O2. The van der Waals surface area contributed by atoms with Crippen LogP contribution in [-0.2, 0) is 4.79 Å². The number of carbonyl (C=O) groups is 1. The largest absolute Gasteiger partial charge is 0.333 e. The van der Waals surface area contributed by atoms with E-state index in [1.165, 1.54) is 19.3 Å². The molecule has 0 fully saturated rings. The van der Waals surface area contributed by atoms with Gasteiger partial charge in [0.2, 0.25) is 11.1 Å². The first-order valence-corrected chi connectivity index (χ1v) is 4.50. The molecule has 2 aromatic rings. The zero-order chi connectivity index (χ0) is 11.5. The van der Waals surface area contributed by atoms with Crippen LogP contribution in [0.25, 0.3) is 11.4 Å². The standard InChI is InChI=1S/C7H5ClN6O2/c1-4(15)16-14-12-6(11-13-14)5-2-9-7(8)10-3-5/h2-3H,1H3. The maximum atomic E-state index is 10.6. The van der Waals surface area contributed by atoms with Gasteiger partial charge in [-0.25, -0.2) is 14.8 Å². The van der Waals surface area contributed by atoms with Crippen LogP contribution in [0.3, 0.4) is 0 Å². The summed E-state index contributed by atoms with van der Waals surface area (Å²) in [5.74, 6) is -0.311. The van der Waals surface area contributed by atoms with Gasteiger partial charge in [0.05, 0.1) is 5.56 Å². The molecule has 0 saturated carbocycles. The van der Waals surface area contributed by atoms with E-state index in [2.05, 4.69) is 30.2 Å². The number of tetrazole rings is 1. The van der Waals surface area contributed by atoms with Crippen molar-refractivity contribution in [1.29, 1.82) is 0 Å². The Balaban J connectivity index is 2.24. The van der Waals surface area contributed by atoms with E-state index in [4.69, 9.17) is 11.6 Å². The zero-order valence-corrected chi connectivity index (χ0v) is 8.79. The molecule has 0 aliphatic heterocycles. The highest BCUT2D eigenvalue weighted by molar-refractivity contribution is 6.28. The summed E-state index contributed by atoms with van der Waals surface area (Å²) in [6.07, 6.45) is 2.87. The van der Waals surface area contributed by atoms with Gasteiger partial charge in [-0.2, -0.15) is 0 Å². The fourth-order valence-corrected chi connectivity index (χ4v) is 0.996. The first-order chi connectivity index (χ1) is 7.65. The normalized spacial score (nSPS) is 10.1. The summed E-state index contributed by atoms with van der Waals surface area (Å²) in [7, 11) is 0. The number of aromatic nitrogens is 6. The predicted molar refractivity (Wildman–Crippen MR) is 51.1 cm³/mol. The van der Waals surface area contributed by atoms with E-state index >= 15 is 0 Å². The van der Waals surface area contributed by atoms with Crippen LogP contribution in [0.1, 0.15) is 6.92 Å². The Bertz CT molecular complexity index is 510. The number of hydrogen-bond acceptors (Lipinski definition) is 7. The molecule has 0 aliphatic carbocycles. The summed E-state index contributed by atoms with van der Waals surface area (Å²) in [5.41, 5.74) is 0.516. The van der Waals surface area contributed by atoms with Crippen molar-refractivity contribution in [3.05, 3.63) is 17.7 Å². The molecule has 2 aromatic heterocycles. The molecule has 0 atom stereocenters. The lowest BCUT2D eigenvalue weighted by Crippen LogP contribution is -2.19. The highest BCUT2D eigenvalue weighted by Gasteiger charge is 2.08. The molecule has 0 spiro atoms. The van der Waals surface area contributed by atoms with Crippen molar-refractivity contribution in [1.82, 2.24) is 30.3 Å². The van der Waals surface area contributed by atoms with Gasteiger partial charge >= 0.3 is 5.97 Å². The highest BCUT2D eigenvalue weighted by atomic mass is 35.5. The van der Waals surface area contributed by atoms with E-state index in [9.17, 15) is 4.79 Å². The highest BCUT2D eigenvalue weighted by Crippen LogP contribution is 2.11. The van der Waals surface area contributed by atoms with Crippen molar-refractivity contribution in [2.24, 2.45) is 0 Å². The van der Waals surface area contributed by atoms with Crippen molar-refractivity contribution in [2.45, 2.75) is 6.92 Å². The molecule has 0 amide bonds. The number of carbonyl (C=O) groups excluding carboxylic acids is 1. The van der Waals surface area contributed by atoms with Gasteiger partial charge in [0.15, 0.2) is 0 Å². The lowest BCUT2D eigenvalue weighted by Gasteiger charge is -1.93. The van der Waals surface area contributed by atoms with Crippen LogP contribution in [0, 0.1) is 0 Å². The summed E-state index contributed by atoms with van der Waals surface area (Å²) in [6, 6.07) is 0. The summed E-state index contributed by atoms with van der Waals surface area (Å²) >= 11 is 5.52. The summed E-state index contributed by atoms with van der Waals surface area (Å²) in [4.78, 5) is 23.4. The van der Waals surface area contributed by atoms with Gasteiger partial charge < -0.3 is 4.84 Å². The number of halogens is 1. The third-order valence-electron chi connectivity index (χ3n) is 1.48. The predicted octanol–water partition coefficient (Wildman–Crippen LogP) is -0.241. The Kier molecular flexibility index (Phi) is 2.73. The van der Waals surface area contributed by atoms with Gasteiger partial charge in [0, 0.05) is 24.3 Å². The molecule has 8 nitrogen and oxygen atoms in total. The fraction of sp³-hybridized carbons (Fsp3) is 0.143. The summed E-state index contributed by atoms with van der Waals surface area (Å²) < 4.78 is 0. The monoisotopic (exact) mass is 240 g/mol. The van der Waals surface area contributed by atoms with E-state index in [-0.39, 0.29) is 11.1 Å².